The number of carbonyl (C=O) groups excluding carboxylic acids is 1. The number of rotatable bonds is 5. The number of oxime groups is 1. The van der Waals surface area contributed by atoms with E-state index in [0.717, 1.165) is 31.0 Å². The van der Waals surface area contributed by atoms with Crippen molar-refractivity contribution in [3.63, 3.8) is 0 Å². The fourth-order valence-electron chi connectivity index (χ4n) is 4.47. The fraction of sp³-hybridized carbons (Fsp3) is 0.650. The second-order valence-corrected chi connectivity index (χ2v) is 8.02. The standard InChI is InChI=1S/C20H28N4O2/c25-19(22-13-17-7-4-9-21-12-17)18-11-20(26-23-18)8-10-24(15-20)14-16-5-2-1-3-6-16/h4,7,9,12,16H,1-3,5-6,8,10-11,13-15H2,(H,22,25)/t20-/m0/s1. The normalized spacial score (nSPS) is 26.7. The van der Waals surface area contributed by atoms with E-state index in [1.54, 1.807) is 12.4 Å². The Morgan fingerprint density at radius 1 is 1.35 bits per heavy atom. The fourth-order valence-corrected chi connectivity index (χ4v) is 4.47. The Morgan fingerprint density at radius 3 is 3.04 bits per heavy atom. The first-order valence-electron chi connectivity index (χ1n) is 9.87. The molecule has 1 aliphatic carbocycles. The molecular weight excluding hydrogens is 328 g/mol. The molecule has 2 fully saturated rings. The van der Waals surface area contributed by atoms with Gasteiger partial charge in [0.2, 0.25) is 0 Å². The van der Waals surface area contributed by atoms with Gasteiger partial charge in [-0.25, -0.2) is 0 Å². The molecule has 1 aromatic heterocycles. The van der Waals surface area contributed by atoms with E-state index in [1.807, 2.05) is 12.1 Å². The van der Waals surface area contributed by atoms with E-state index >= 15 is 0 Å². The summed E-state index contributed by atoms with van der Waals surface area (Å²) in [4.78, 5) is 24.8. The van der Waals surface area contributed by atoms with Crippen molar-refractivity contribution in [2.24, 2.45) is 11.1 Å². The van der Waals surface area contributed by atoms with Gasteiger partial charge in [-0.1, -0.05) is 30.5 Å². The van der Waals surface area contributed by atoms with Crippen LogP contribution in [0.25, 0.3) is 0 Å². The second-order valence-electron chi connectivity index (χ2n) is 8.02. The molecule has 1 saturated carbocycles. The quantitative estimate of drug-likeness (QED) is 0.880. The zero-order valence-corrected chi connectivity index (χ0v) is 15.3. The highest BCUT2D eigenvalue weighted by Crippen LogP contribution is 2.35. The van der Waals surface area contributed by atoms with Crippen molar-refractivity contribution in [1.82, 2.24) is 15.2 Å². The molecule has 3 heterocycles. The highest BCUT2D eigenvalue weighted by Gasteiger charge is 2.46. The predicted octanol–water partition coefficient (Wildman–Crippen LogP) is 2.50. The SMILES string of the molecule is O=C(NCc1cccnc1)C1=NO[C@@]2(CCN(CC3CCCCC3)C2)C1. The molecule has 0 bridgehead atoms. The van der Waals surface area contributed by atoms with E-state index in [1.165, 1.54) is 38.6 Å². The van der Waals surface area contributed by atoms with Crippen LogP contribution < -0.4 is 5.32 Å². The maximum Gasteiger partial charge on any atom is 0.269 e. The average molecular weight is 356 g/mol. The van der Waals surface area contributed by atoms with Gasteiger partial charge in [-0.05, 0) is 30.4 Å². The molecule has 1 saturated heterocycles. The molecule has 3 aliphatic rings. The van der Waals surface area contributed by atoms with Crippen molar-refractivity contribution in [2.75, 3.05) is 19.6 Å². The summed E-state index contributed by atoms with van der Waals surface area (Å²) < 4.78 is 0. The van der Waals surface area contributed by atoms with Gasteiger partial charge in [-0.3, -0.25) is 14.7 Å². The van der Waals surface area contributed by atoms with Crippen LogP contribution in [0.5, 0.6) is 0 Å². The first-order chi connectivity index (χ1) is 12.7. The Labute approximate surface area is 155 Å². The van der Waals surface area contributed by atoms with E-state index in [-0.39, 0.29) is 11.5 Å². The third kappa shape index (κ3) is 4.06. The minimum Gasteiger partial charge on any atom is -0.387 e. The number of carbonyl (C=O) groups is 1. The molecule has 140 valence electrons. The molecule has 1 amide bonds. The molecule has 6 nitrogen and oxygen atoms in total. The van der Waals surface area contributed by atoms with Crippen molar-refractivity contribution in [3.05, 3.63) is 30.1 Å². The summed E-state index contributed by atoms with van der Waals surface area (Å²) in [5, 5.41) is 7.05. The number of aromatic nitrogens is 1. The smallest absolute Gasteiger partial charge is 0.269 e. The Kier molecular flexibility index (Phi) is 5.20. The summed E-state index contributed by atoms with van der Waals surface area (Å²) >= 11 is 0. The number of nitrogens with one attached hydrogen (secondary N) is 1. The Morgan fingerprint density at radius 2 is 2.23 bits per heavy atom. The minimum atomic E-state index is -0.282. The van der Waals surface area contributed by atoms with Crippen LogP contribution in [-0.4, -0.2) is 46.7 Å². The molecule has 1 spiro atoms. The van der Waals surface area contributed by atoms with Gasteiger partial charge in [0.05, 0.1) is 0 Å². The van der Waals surface area contributed by atoms with Crippen LogP contribution in [0.1, 0.15) is 50.5 Å². The highest BCUT2D eigenvalue weighted by molar-refractivity contribution is 6.39. The average Bonchev–Trinajstić information content (AvgIpc) is 3.28. The van der Waals surface area contributed by atoms with E-state index in [9.17, 15) is 4.79 Å². The Bertz CT molecular complexity index is 657. The lowest BCUT2D eigenvalue weighted by atomic mass is 9.89. The highest BCUT2D eigenvalue weighted by atomic mass is 16.7. The van der Waals surface area contributed by atoms with E-state index in [2.05, 4.69) is 20.4 Å². The summed E-state index contributed by atoms with van der Waals surface area (Å²) in [6.07, 6.45) is 11.9. The number of hydrogen-bond acceptors (Lipinski definition) is 5. The van der Waals surface area contributed by atoms with E-state index in [4.69, 9.17) is 4.84 Å². The number of pyridine rings is 1. The summed E-state index contributed by atoms with van der Waals surface area (Å²) in [6.45, 7) is 3.59. The first kappa shape index (κ1) is 17.5. The van der Waals surface area contributed by atoms with Crippen LogP contribution in [-0.2, 0) is 16.2 Å². The predicted molar refractivity (Wildman–Crippen MR) is 99.6 cm³/mol. The third-order valence-electron chi connectivity index (χ3n) is 5.91. The molecule has 2 aliphatic heterocycles. The van der Waals surface area contributed by atoms with Crippen molar-refractivity contribution < 1.29 is 9.63 Å². The second kappa shape index (κ2) is 7.74. The lowest BCUT2D eigenvalue weighted by Gasteiger charge is -2.27. The summed E-state index contributed by atoms with van der Waals surface area (Å²) in [7, 11) is 0. The van der Waals surface area contributed by atoms with Crippen molar-refractivity contribution in [2.45, 2.75) is 57.1 Å². The molecule has 26 heavy (non-hydrogen) atoms. The van der Waals surface area contributed by atoms with Gasteiger partial charge in [-0.15, -0.1) is 0 Å². The molecule has 1 atom stereocenters. The molecular formula is C20H28N4O2. The van der Waals surface area contributed by atoms with Crippen molar-refractivity contribution >= 4 is 11.6 Å². The molecule has 0 aromatic carbocycles. The summed E-state index contributed by atoms with van der Waals surface area (Å²) in [6, 6.07) is 3.81. The number of hydrogen-bond donors (Lipinski definition) is 1. The molecule has 0 radical (unpaired) electrons. The maximum atomic E-state index is 12.4. The van der Waals surface area contributed by atoms with Crippen LogP contribution in [0.4, 0.5) is 0 Å². The van der Waals surface area contributed by atoms with Crippen LogP contribution in [0, 0.1) is 5.92 Å². The van der Waals surface area contributed by atoms with Gasteiger partial charge in [0.15, 0.2) is 5.60 Å². The lowest BCUT2D eigenvalue weighted by molar-refractivity contribution is -0.115. The summed E-state index contributed by atoms with van der Waals surface area (Å²) in [5.74, 6) is 0.708. The molecule has 1 N–H and O–H groups in total. The van der Waals surface area contributed by atoms with Gasteiger partial charge < -0.3 is 10.2 Å². The lowest BCUT2D eigenvalue weighted by Crippen LogP contribution is -2.38. The topological polar surface area (TPSA) is 66.8 Å². The zero-order valence-electron chi connectivity index (χ0n) is 15.3. The number of amides is 1. The number of likely N-dealkylation sites (tertiary alicyclic amines) is 1. The van der Waals surface area contributed by atoms with E-state index in [0.29, 0.717) is 18.7 Å². The van der Waals surface area contributed by atoms with Gasteiger partial charge in [0.1, 0.15) is 5.71 Å². The van der Waals surface area contributed by atoms with Crippen LogP contribution >= 0.6 is 0 Å². The zero-order chi connectivity index (χ0) is 17.8. The van der Waals surface area contributed by atoms with Gasteiger partial charge in [0, 0.05) is 51.4 Å². The maximum absolute atomic E-state index is 12.4. The molecule has 1 aromatic rings. The van der Waals surface area contributed by atoms with Gasteiger partial charge in [0.25, 0.3) is 5.91 Å². The Hall–Kier alpha value is -1.95. The Balaban J connectivity index is 1.25. The summed E-state index contributed by atoms with van der Waals surface area (Å²) in [5.41, 5.74) is 1.22. The van der Waals surface area contributed by atoms with Gasteiger partial charge in [-0.2, -0.15) is 0 Å². The van der Waals surface area contributed by atoms with Crippen LogP contribution in [0.15, 0.2) is 29.7 Å². The van der Waals surface area contributed by atoms with Crippen molar-refractivity contribution in [1.29, 1.82) is 0 Å². The van der Waals surface area contributed by atoms with Crippen LogP contribution in [0.2, 0.25) is 0 Å². The largest absolute Gasteiger partial charge is 0.387 e. The van der Waals surface area contributed by atoms with E-state index < -0.39 is 0 Å². The first-order valence-corrected chi connectivity index (χ1v) is 9.87. The number of nitrogens with zero attached hydrogens (tertiary/aromatic N) is 3. The molecule has 4 rings (SSSR count). The van der Waals surface area contributed by atoms with Crippen LogP contribution in [0.3, 0.4) is 0 Å². The minimum absolute atomic E-state index is 0.128. The monoisotopic (exact) mass is 356 g/mol. The molecule has 6 heteroatoms. The van der Waals surface area contributed by atoms with Gasteiger partial charge >= 0.3 is 0 Å². The molecule has 0 unspecified atom stereocenters. The third-order valence-corrected chi connectivity index (χ3v) is 5.91. The van der Waals surface area contributed by atoms with Crippen molar-refractivity contribution in [3.8, 4) is 0 Å².